The molecule has 11 heteroatoms. The molecule has 30 heavy (non-hydrogen) atoms. The van der Waals surface area contributed by atoms with Gasteiger partial charge < -0.3 is 10.1 Å². The number of methoxy groups -OCH3 is 1. The Morgan fingerprint density at radius 1 is 1.23 bits per heavy atom. The van der Waals surface area contributed by atoms with Gasteiger partial charge in [-0.2, -0.15) is 0 Å². The molecular weight excluding hydrogens is 410 g/mol. The van der Waals surface area contributed by atoms with Crippen LogP contribution in [0.25, 0.3) is 11.3 Å². The molecular formula is C19H17N5O5S. The number of hydrogen-bond acceptors (Lipinski definition) is 8. The summed E-state index contributed by atoms with van der Waals surface area (Å²) in [7, 11) is 1.39. The van der Waals surface area contributed by atoms with Crippen molar-refractivity contribution < 1.29 is 14.5 Å². The molecule has 1 heterocycles. The summed E-state index contributed by atoms with van der Waals surface area (Å²) >= 11 is 0.997. The minimum atomic E-state index is -0.679. The Labute approximate surface area is 174 Å². The van der Waals surface area contributed by atoms with Crippen molar-refractivity contribution >= 4 is 29.0 Å². The maximum atomic E-state index is 12.5. The van der Waals surface area contributed by atoms with Crippen molar-refractivity contribution in [2.75, 3.05) is 12.4 Å². The Morgan fingerprint density at radius 2 is 1.97 bits per heavy atom. The molecule has 10 nitrogen and oxygen atoms in total. The minimum absolute atomic E-state index is 0.170. The summed E-state index contributed by atoms with van der Waals surface area (Å²) in [4.78, 5) is 37.9. The summed E-state index contributed by atoms with van der Waals surface area (Å²) in [6, 6.07) is 12.8. The molecule has 0 fully saturated rings. The Bertz CT molecular complexity index is 1140. The summed E-state index contributed by atoms with van der Waals surface area (Å²) in [6.45, 7) is 1.61. The van der Waals surface area contributed by atoms with Crippen LogP contribution >= 0.6 is 11.8 Å². The van der Waals surface area contributed by atoms with E-state index >= 15 is 0 Å². The van der Waals surface area contributed by atoms with E-state index in [4.69, 9.17) is 4.74 Å². The van der Waals surface area contributed by atoms with Crippen molar-refractivity contribution in [3.05, 3.63) is 69.0 Å². The number of carbonyl (C=O) groups is 1. The normalized spacial score (nSPS) is 11.5. The molecule has 1 amide bonds. The summed E-state index contributed by atoms with van der Waals surface area (Å²) in [5.74, 6) is -0.167. The molecule has 2 N–H and O–H groups in total. The summed E-state index contributed by atoms with van der Waals surface area (Å²) in [6.07, 6.45) is 0. The molecule has 0 radical (unpaired) electrons. The standard InChI is InChI=1S/C19H17N5O5S/c1-11(17(25)20-14-10-13(24(27)28)8-9-15(14)29-2)30-19-21-18(26)16(22-23-19)12-6-4-3-5-7-12/h3-11H,1-2H3,(H,20,25)(H,21,23,26). The van der Waals surface area contributed by atoms with Crippen LogP contribution in [0.1, 0.15) is 6.92 Å². The first-order valence-corrected chi connectivity index (χ1v) is 9.59. The zero-order chi connectivity index (χ0) is 21.7. The van der Waals surface area contributed by atoms with Crippen LogP contribution in [-0.4, -0.2) is 38.4 Å². The van der Waals surface area contributed by atoms with Gasteiger partial charge >= 0.3 is 0 Å². The molecule has 0 aliphatic heterocycles. The highest BCUT2D eigenvalue weighted by Gasteiger charge is 2.20. The lowest BCUT2D eigenvalue weighted by atomic mass is 10.2. The fourth-order valence-electron chi connectivity index (χ4n) is 2.52. The lowest BCUT2D eigenvalue weighted by Gasteiger charge is -2.13. The number of hydrogen-bond donors (Lipinski definition) is 2. The number of benzene rings is 2. The molecule has 3 rings (SSSR count). The smallest absolute Gasteiger partial charge is 0.278 e. The number of thioether (sulfide) groups is 1. The van der Waals surface area contributed by atoms with E-state index in [1.54, 1.807) is 31.2 Å². The predicted molar refractivity (Wildman–Crippen MR) is 112 cm³/mol. The third kappa shape index (κ3) is 4.81. The van der Waals surface area contributed by atoms with E-state index in [9.17, 15) is 19.7 Å². The van der Waals surface area contributed by atoms with Crippen molar-refractivity contribution in [3.63, 3.8) is 0 Å². The number of ether oxygens (including phenoxy) is 1. The van der Waals surface area contributed by atoms with Gasteiger partial charge in [-0.15, -0.1) is 10.2 Å². The highest BCUT2D eigenvalue weighted by Crippen LogP contribution is 2.30. The molecule has 1 aromatic heterocycles. The van der Waals surface area contributed by atoms with Crippen LogP contribution in [0.2, 0.25) is 0 Å². The lowest BCUT2D eigenvalue weighted by Crippen LogP contribution is -2.24. The third-order valence-electron chi connectivity index (χ3n) is 4.03. The zero-order valence-corrected chi connectivity index (χ0v) is 16.8. The molecule has 1 atom stereocenters. The van der Waals surface area contributed by atoms with E-state index in [0.717, 1.165) is 11.8 Å². The van der Waals surface area contributed by atoms with Gasteiger partial charge in [-0.05, 0) is 13.0 Å². The monoisotopic (exact) mass is 427 g/mol. The maximum absolute atomic E-state index is 12.5. The van der Waals surface area contributed by atoms with Gasteiger partial charge in [0.15, 0.2) is 10.9 Å². The molecule has 154 valence electrons. The summed E-state index contributed by atoms with van der Waals surface area (Å²) < 4.78 is 5.14. The van der Waals surface area contributed by atoms with E-state index in [0.29, 0.717) is 5.56 Å². The highest BCUT2D eigenvalue weighted by atomic mass is 32.2. The molecule has 0 saturated carbocycles. The van der Waals surface area contributed by atoms with Gasteiger partial charge in [0.2, 0.25) is 5.91 Å². The van der Waals surface area contributed by atoms with Gasteiger partial charge in [0.25, 0.3) is 11.2 Å². The van der Waals surface area contributed by atoms with Crippen molar-refractivity contribution in [3.8, 4) is 17.0 Å². The number of non-ortho nitro benzene ring substituents is 1. The van der Waals surface area contributed by atoms with Crippen molar-refractivity contribution in [2.45, 2.75) is 17.3 Å². The van der Waals surface area contributed by atoms with Crippen LogP contribution < -0.4 is 15.6 Å². The molecule has 3 aromatic rings. The maximum Gasteiger partial charge on any atom is 0.278 e. The fraction of sp³-hybridized carbons (Fsp3) is 0.158. The average molecular weight is 427 g/mol. The van der Waals surface area contributed by atoms with Crippen molar-refractivity contribution in [2.24, 2.45) is 0 Å². The minimum Gasteiger partial charge on any atom is -0.495 e. The Kier molecular flexibility index (Phi) is 6.42. The summed E-state index contributed by atoms with van der Waals surface area (Å²) in [5.41, 5.74) is 0.373. The van der Waals surface area contributed by atoms with Crippen LogP contribution in [0.4, 0.5) is 11.4 Å². The number of amides is 1. The molecule has 0 spiro atoms. The van der Waals surface area contributed by atoms with E-state index in [1.165, 1.54) is 25.3 Å². The number of aromatic nitrogens is 3. The van der Waals surface area contributed by atoms with Crippen LogP contribution in [0.5, 0.6) is 5.75 Å². The van der Waals surface area contributed by atoms with Crippen LogP contribution in [-0.2, 0) is 4.79 Å². The lowest BCUT2D eigenvalue weighted by molar-refractivity contribution is -0.384. The fourth-order valence-corrected chi connectivity index (χ4v) is 3.26. The Morgan fingerprint density at radius 3 is 2.60 bits per heavy atom. The van der Waals surface area contributed by atoms with E-state index < -0.39 is 21.6 Å². The molecule has 1 unspecified atom stereocenters. The first-order chi connectivity index (χ1) is 14.4. The van der Waals surface area contributed by atoms with E-state index in [-0.39, 0.29) is 28.0 Å². The van der Waals surface area contributed by atoms with Gasteiger partial charge in [-0.25, -0.2) is 0 Å². The topological polar surface area (TPSA) is 140 Å². The number of nitrogens with one attached hydrogen (secondary N) is 2. The van der Waals surface area contributed by atoms with Gasteiger partial charge in [0.1, 0.15) is 5.75 Å². The number of carbonyl (C=O) groups excluding carboxylic acids is 1. The number of anilines is 1. The molecule has 0 aliphatic rings. The number of nitrogens with zero attached hydrogens (tertiary/aromatic N) is 3. The molecule has 2 aromatic carbocycles. The second kappa shape index (κ2) is 9.18. The van der Waals surface area contributed by atoms with Gasteiger partial charge in [-0.1, -0.05) is 42.1 Å². The largest absolute Gasteiger partial charge is 0.495 e. The van der Waals surface area contributed by atoms with Crippen molar-refractivity contribution in [1.29, 1.82) is 0 Å². The van der Waals surface area contributed by atoms with E-state index in [1.807, 2.05) is 6.07 Å². The molecule has 0 bridgehead atoms. The number of nitro benzene ring substituents is 1. The quantitative estimate of drug-likeness (QED) is 0.333. The second-order valence-corrected chi connectivity index (χ2v) is 7.39. The zero-order valence-electron chi connectivity index (χ0n) is 16.0. The van der Waals surface area contributed by atoms with Crippen molar-refractivity contribution in [1.82, 2.24) is 15.2 Å². The number of nitro groups is 1. The van der Waals surface area contributed by atoms with Crippen LogP contribution in [0.15, 0.2) is 58.5 Å². The average Bonchev–Trinajstić information content (AvgIpc) is 2.74. The third-order valence-corrected chi connectivity index (χ3v) is 5.01. The Balaban J connectivity index is 1.73. The first-order valence-electron chi connectivity index (χ1n) is 8.71. The van der Waals surface area contributed by atoms with Crippen LogP contribution in [0, 0.1) is 10.1 Å². The summed E-state index contributed by atoms with van der Waals surface area (Å²) in [5, 5.41) is 21.0. The van der Waals surface area contributed by atoms with Gasteiger partial charge in [0.05, 0.1) is 23.0 Å². The SMILES string of the molecule is COc1ccc([N+](=O)[O-])cc1NC(=O)C(C)Sc1nnc(-c2ccccc2)c(=O)[nH]1. The van der Waals surface area contributed by atoms with Gasteiger partial charge in [0, 0.05) is 17.7 Å². The molecule has 0 aliphatic carbocycles. The highest BCUT2D eigenvalue weighted by molar-refractivity contribution is 8.00. The number of aromatic amines is 1. The first kappa shape index (κ1) is 21.0. The predicted octanol–water partition coefficient (Wildman–Crippen LogP) is 2.87. The Hall–Kier alpha value is -3.73. The van der Waals surface area contributed by atoms with E-state index in [2.05, 4.69) is 20.5 Å². The van der Waals surface area contributed by atoms with Gasteiger partial charge in [-0.3, -0.25) is 24.7 Å². The number of rotatable bonds is 7. The second-order valence-electron chi connectivity index (χ2n) is 6.06. The number of H-pyrrole nitrogens is 1. The molecule has 0 saturated heterocycles. The van der Waals surface area contributed by atoms with Crippen LogP contribution in [0.3, 0.4) is 0 Å².